The minimum Gasteiger partial charge on any atom is -0.496 e. The number of methoxy groups -OCH3 is 1. The van der Waals surface area contributed by atoms with Crippen molar-refractivity contribution in [3.63, 3.8) is 0 Å². The molecule has 0 radical (unpaired) electrons. The van der Waals surface area contributed by atoms with Gasteiger partial charge in [0.1, 0.15) is 5.75 Å². The highest BCUT2D eigenvalue weighted by Gasteiger charge is 2.33. The van der Waals surface area contributed by atoms with Gasteiger partial charge in [-0.1, -0.05) is 24.3 Å². The number of carbonyl (C=O) groups is 2. The van der Waals surface area contributed by atoms with Gasteiger partial charge in [0.15, 0.2) is 0 Å². The molecule has 3 rings (SSSR count). The predicted molar refractivity (Wildman–Crippen MR) is 97.1 cm³/mol. The molecular formula is C19H25N3O4. The summed E-state index contributed by atoms with van der Waals surface area (Å²) in [5, 5.41) is 9.32. The first-order valence-corrected chi connectivity index (χ1v) is 8.88. The number of hydrogen-bond acceptors (Lipinski definition) is 4. The van der Waals surface area contributed by atoms with Gasteiger partial charge in [-0.15, -0.1) is 0 Å². The van der Waals surface area contributed by atoms with Crippen molar-refractivity contribution < 1.29 is 19.4 Å². The molecule has 1 aromatic carbocycles. The molecule has 0 aromatic heterocycles. The summed E-state index contributed by atoms with van der Waals surface area (Å²) in [7, 11) is 1.59. The van der Waals surface area contributed by atoms with E-state index in [9.17, 15) is 14.7 Å². The van der Waals surface area contributed by atoms with Gasteiger partial charge in [0.2, 0.25) is 5.91 Å². The summed E-state index contributed by atoms with van der Waals surface area (Å²) in [5.74, 6) is 0.705. The molecular weight excluding hydrogens is 334 g/mol. The van der Waals surface area contributed by atoms with Crippen LogP contribution in [0.15, 0.2) is 36.5 Å². The first-order chi connectivity index (χ1) is 12.6. The Morgan fingerprint density at radius 3 is 2.73 bits per heavy atom. The summed E-state index contributed by atoms with van der Waals surface area (Å²) >= 11 is 0. The second-order valence-electron chi connectivity index (χ2n) is 6.63. The molecule has 1 atom stereocenters. The monoisotopic (exact) mass is 359 g/mol. The van der Waals surface area contributed by atoms with Crippen LogP contribution >= 0.6 is 0 Å². The van der Waals surface area contributed by atoms with E-state index in [2.05, 4.69) is 11.0 Å². The third-order valence-electron chi connectivity index (χ3n) is 4.95. The second-order valence-corrected chi connectivity index (χ2v) is 6.63. The molecule has 0 spiro atoms. The summed E-state index contributed by atoms with van der Waals surface area (Å²) in [6.45, 7) is 2.68. The molecule has 0 aliphatic carbocycles. The van der Waals surface area contributed by atoms with E-state index in [1.807, 2.05) is 35.4 Å². The molecule has 140 valence electrons. The van der Waals surface area contributed by atoms with Crippen molar-refractivity contribution in [3.8, 4) is 5.75 Å². The number of piperazine rings is 1. The number of hydrogen-bond donors (Lipinski definition) is 1. The number of ether oxygens (including phenoxy) is 1. The molecule has 7 nitrogen and oxygen atoms in total. The predicted octanol–water partition coefficient (Wildman–Crippen LogP) is 1.65. The number of benzene rings is 1. The molecule has 2 heterocycles. The standard InChI is InChI=1S/C19H25N3O4/c1-26-17-7-3-2-6-15(17)12-18(23)22-11-10-21(19(24)25)14-16(22)13-20-8-4-5-9-20/h2-4,6-8,16H,5,9-14H2,1H3,(H,24,25). The van der Waals surface area contributed by atoms with E-state index in [4.69, 9.17) is 4.74 Å². The van der Waals surface area contributed by atoms with Crippen LogP contribution in [-0.4, -0.2) is 77.7 Å². The van der Waals surface area contributed by atoms with Crippen molar-refractivity contribution in [3.05, 3.63) is 42.1 Å². The van der Waals surface area contributed by atoms with Crippen molar-refractivity contribution in [2.75, 3.05) is 39.8 Å². The smallest absolute Gasteiger partial charge is 0.407 e. The number of rotatable bonds is 5. The van der Waals surface area contributed by atoms with Gasteiger partial charge in [0, 0.05) is 38.3 Å². The van der Waals surface area contributed by atoms with E-state index in [0.29, 0.717) is 31.9 Å². The molecule has 1 saturated heterocycles. The summed E-state index contributed by atoms with van der Waals surface area (Å²) < 4.78 is 5.34. The lowest BCUT2D eigenvalue weighted by Gasteiger charge is -2.42. The minimum atomic E-state index is -0.927. The van der Waals surface area contributed by atoms with Crippen molar-refractivity contribution in [2.24, 2.45) is 0 Å². The molecule has 0 bridgehead atoms. The van der Waals surface area contributed by atoms with Gasteiger partial charge >= 0.3 is 6.09 Å². The van der Waals surface area contributed by atoms with Crippen LogP contribution in [0.3, 0.4) is 0 Å². The Morgan fingerprint density at radius 1 is 1.23 bits per heavy atom. The first-order valence-electron chi connectivity index (χ1n) is 8.88. The highest BCUT2D eigenvalue weighted by atomic mass is 16.5. The van der Waals surface area contributed by atoms with E-state index < -0.39 is 6.09 Å². The van der Waals surface area contributed by atoms with Crippen molar-refractivity contribution in [1.82, 2.24) is 14.7 Å². The molecule has 2 amide bonds. The summed E-state index contributed by atoms with van der Waals surface area (Å²) in [6, 6.07) is 7.35. The zero-order valence-electron chi connectivity index (χ0n) is 15.0. The Kier molecular flexibility index (Phi) is 5.65. The summed E-state index contributed by atoms with van der Waals surface area (Å²) in [4.78, 5) is 29.7. The average Bonchev–Trinajstić information content (AvgIpc) is 3.15. The molecule has 26 heavy (non-hydrogen) atoms. The molecule has 2 aliphatic heterocycles. The Hall–Kier alpha value is -2.70. The quantitative estimate of drug-likeness (QED) is 0.865. The first kappa shape index (κ1) is 18.1. The van der Waals surface area contributed by atoms with Crippen LogP contribution in [0.4, 0.5) is 4.79 Å². The van der Waals surface area contributed by atoms with Gasteiger partial charge in [-0.25, -0.2) is 4.79 Å². The molecule has 1 fully saturated rings. The normalized spacial score (nSPS) is 19.7. The average molecular weight is 359 g/mol. The molecule has 0 saturated carbocycles. The fraction of sp³-hybridized carbons (Fsp3) is 0.474. The maximum absolute atomic E-state index is 13.0. The summed E-state index contributed by atoms with van der Waals surface area (Å²) in [6.07, 6.45) is 4.44. The fourth-order valence-corrected chi connectivity index (χ4v) is 3.59. The topological polar surface area (TPSA) is 73.3 Å². The minimum absolute atomic E-state index is 0.00714. The van der Waals surface area contributed by atoms with Gasteiger partial charge in [-0.3, -0.25) is 4.79 Å². The SMILES string of the molecule is COc1ccccc1CC(=O)N1CCN(C(=O)O)CC1CN1C=CCC1. The lowest BCUT2D eigenvalue weighted by molar-refractivity contribution is -0.135. The zero-order chi connectivity index (χ0) is 18.5. The highest BCUT2D eigenvalue weighted by Crippen LogP contribution is 2.21. The van der Waals surface area contributed by atoms with Crippen LogP contribution in [0.1, 0.15) is 12.0 Å². The zero-order valence-corrected chi connectivity index (χ0v) is 15.0. The van der Waals surface area contributed by atoms with Gasteiger partial charge in [0.05, 0.1) is 19.6 Å². The number of carboxylic acid groups (broad SMARTS) is 1. The maximum atomic E-state index is 13.0. The van der Waals surface area contributed by atoms with Crippen LogP contribution in [0, 0.1) is 0 Å². The summed E-state index contributed by atoms with van der Waals surface area (Å²) in [5.41, 5.74) is 0.848. The van der Waals surface area contributed by atoms with Crippen LogP contribution in [0.25, 0.3) is 0 Å². The van der Waals surface area contributed by atoms with Crippen molar-refractivity contribution >= 4 is 12.0 Å². The second kappa shape index (κ2) is 8.12. The Morgan fingerprint density at radius 2 is 2.04 bits per heavy atom. The van der Waals surface area contributed by atoms with E-state index >= 15 is 0 Å². The van der Waals surface area contributed by atoms with Crippen molar-refractivity contribution in [1.29, 1.82) is 0 Å². The highest BCUT2D eigenvalue weighted by molar-refractivity contribution is 5.80. The van der Waals surface area contributed by atoms with Crippen LogP contribution in [0.5, 0.6) is 5.75 Å². The Bertz CT molecular complexity index is 689. The molecule has 7 heteroatoms. The van der Waals surface area contributed by atoms with Crippen LogP contribution in [0.2, 0.25) is 0 Å². The molecule has 1 unspecified atom stereocenters. The Labute approximate surface area is 153 Å². The lowest BCUT2D eigenvalue weighted by atomic mass is 10.1. The van der Waals surface area contributed by atoms with E-state index in [0.717, 1.165) is 18.5 Å². The third-order valence-corrected chi connectivity index (χ3v) is 4.95. The van der Waals surface area contributed by atoms with E-state index in [1.54, 1.807) is 7.11 Å². The van der Waals surface area contributed by atoms with Crippen LogP contribution in [-0.2, 0) is 11.2 Å². The van der Waals surface area contributed by atoms with Crippen LogP contribution < -0.4 is 4.74 Å². The van der Waals surface area contributed by atoms with Crippen molar-refractivity contribution in [2.45, 2.75) is 18.9 Å². The van der Waals surface area contributed by atoms with E-state index in [1.165, 1.54) is 4.90 Å². The molecule has 1 N–H and O–H groups in total. The number of carbonyl (C=O) groups excluding carboxylic acids is 1. The van der Waals surface area contributed by atoms with Gasteiger partial charge in [-0.05, 0) is 18.7 Å². The number of nitrogens with zero attached hydrogens (tertiary/aromatic N) is 3. The number of para-hydroxylation sites is 1. The van der Waals surface area contributed by atoms with E-state index in [-0.39, 0.29) is 18.4 Å². The fourth-order valence-electron chi connectivity index (χ4n) is 3.59. The maximum Gasteiger partial charge on any atom is 0.407 e. The lowest BCUT2D eigenvalue weighted by Crippen LogP contribution is -2.59. The molecule has 1 aromatic rings. The van der Waals surface area contributed by atoms with Gasteiger partial charge < -0.3 is 24.5 Å². The van der Waals surface area contributed by atoms with Gasteiger partial charge in [0.25, 0.3) is 0 Å². The Balaban J connectivity index is 1.72. The largest absolute Gasteiger partial charge is 0.496 e. The van der Waals surface area contributed by atoms with Gasteiger partial charge in [-0.2, -0.15) is 0 Å². The number of amides is 2. The molecule has 2 aliphatic rings. The third kappa shape index (κ3) is 4.09.